The second-order valence-electron chi connectivity index (χ2n) is 4.12. The van der Waals surface area contributed by atoms with E-state index in [1.807, 2.05) is 26.8 Å². The molecule has 4 heteroatoms. The fourth-order valence-corrected chi connectivity index (χ4v) is 1.27. The Hall–Kier alpha value is -1.06. The molecule has 0 bridgehead atoms. The summed E-state index contributed by atoms with van der Waals surface area (Å²) in [5, 5.41) is 0. The summed E-state index contributed by atoms with van der Waals surface area (Å²) >= 11 is 5.71. The Labute approximate surface area is 94.7 Å². The molecule has 15 heavy (non-hydrogen) atoms. The molecule has 1 aromatic carbocycles. The van der Waals surface area contributed by atoms with Gasteiger partial charge in [-0.2, -0.15) is 0 Å². The number of rotatable bonds is 2. The molecule has 0 aromatic heterocycles. The van der Waals surface area contributed by atoms with Crippen LogP contribution < -0.4 is 0 Å². The summed E-state index contributed by atoms with van der Waals surface area (Å²) in [7, 11) is 0. The van der Waals surface area contributed by atoms with E-state index in [0.717, 1.165) is 4.58 Å². The first-order chi connectivity index (χ1) is 6.90. The molecule has 0 atom stereocenters. The average Bonchev–Trinajstić information content (AvgIpc) is 2.15. The van der Waals surface area contributed by atoms with Crippen molar-refractivity contribution in [2.24, 2.45) is 0 Å². The molecule has 0 N–H and O–H groups in total. The smallest absolute Gasteiger partial charge is 0.265 e. The van der Waals surface area contributed by atoms with E-state index >= 15 is 0 Å². The maximum Gasteiger partial charge on any atom is 0.292 e. The lowest BCUT2D eigenvalue weighted by Gasteiger charge is -2.23. The first kappa shape index (κ1) is 12.0. The van der Waals surface area contributed by atoms with Crippen molar-refractivity contribution < 1.29 is 9.63 Å². The van der Waals surface area contributed by atoms with E-state index in [9.17, 15) is 4.79 Å². The molecule has 82 valence electrons. The van der Waals surface area contributed by atoms with Gasteiger partial charge in [0.15, 0.2) is 0 Å². The minimum Gasteiger partial charge on any atom is -0.265 e. The van der Waals surface area contributed by atoms with Gasteiger partial charge in [-0.15, -0.1) is 4.58 Å². The number of carbonyl (C=O) groups is 1. The van der Waals surface area contributed by atoms with Gasteiger partial charge in [-0.25, -0.2) is 4.84 Å². The van der Waals surface area contributed by atoms with E-state index < -0.39 is 5.60 Å². The molecule has 0 aliphatic heterocycles. The first-order valence-electron chi connectivity index (χ1n) is 4.64. The fraction of sp³-hybridized carbons (Fsp3) is 0.364. The molecule has 0 radical (unpaired) electrons. The van der Waals surface area contributed by atoms with Crippen molar-refractivity contribution in [1.82, 2.24) is 4.58 Å². The van der Waals surface area contributed by atoms with Gasteiger partial charge in [0.05, 0.1) is 5.60 Å². The molecule has 0 spiro atoms. The Morgan fingerprint density at radius 1 is 1.27 bits per heavy atom. The molecule has 3 nitrogen and oxygen atoms in total. The molecule has 0 unspecified atom stereocenters. The zero-order chi connectivity index (χ0) is 11.5. The summed E-state index contributed by atoms with van der Waals surface area (Å²) in [6, 6.07) is 8.75. The standard InChI is InChI=1S/C11H14ClNO2/c1-11(2,3)15-13(12)10(14)9-7-5-4-6-8-9/h4-8H,1-3H3. The fourth-order valence-electron chi connectivity index (χ4n) is 0.964. The summed E-state index contributed by atoms with van der Waals surface area (Å²) in [5.74, 6) is -0.368. The highest BCUT2D eigenvalue weighted by Crippen LogP contribution is 2.15. The van der Waals surface area contributed by atoms with Crippen molar-refractivity contribution in [3.63, 3.8) is 0 Å². The molecule has 1 amide bonds. The lowest BCUT2D eigenvalue weighted by Crippen LogP contribution is -2.32. The van der Waals surface area contributed by atoms with Crippen molar-refractivity contribution >= 4 is 17.7 Å². The van der Waals surface area contributed by atoms with Gasteiger partial charge >= 0.3 is 0 Å². The second-order valence-corrected chi connectivity index (χ2v) is 4.43. The van der Waals surface area contributed by atoms with Gasteiger partial charge in [0, 0.05) is 17.3 Å². The Bertz CT molecular complexity index is 332. The number of carbonyl (C=O) groups excluding carboxylic acids is 1. The van der Waals surface area contributed by atoms with Gasteiger partial charge < -0.3 is 0 Å². The minimum absolute atomic E-state index is 0.368. The predicted octanol–water partition coefficient (Wildman–Crippen LogP) is 3.01. The topological polar surface area (TPSA) is 29.5 Å². The maximum absolute atomic E-state index is 11.7. The largest absolute Gasteiger partial charge is 0.292 e. The number of hydrogen-bond donors (Lipinski definition) is 0. The van der Waals surface area contributed by atoms with Crippen LogP contribution in [0, 0.1) is 0 Å². The van der Waals surface area contributed by atoms with Gasteiger partial charge in [-0.3, -0.25) is 4.79 Å². The molecule has 1 aromatic rings. The summed E-state index contributed by atoms with van der Waals surface area (Å²) in [6.07, 6.45) is 0. The number of amides is 1. The first-order valence-corrected chi connectivity index (χ1v) is 4.98. The Kier molecular flexibility index (Phi) is 3.72. The number of hydroxylamine groups is 1. The molecular formula is C11H14ClNO2. The van der Waals surface area contributed by atoms with Gasteiger partial charge in [0.1, 0.15) is 0 Å². The zero-order valence-corrected chi connectivity index (χ0v) is 9.78. The summed E-state index contributed by atoms with van der Waals surface area (Å²) < 4.78 is 0.745. The third-order valence-corrected chi connectivity index (χ3v) is 1.76. The maximum atomic E-state index is 11.7. The van der Waals surface area contributed by atoms with Crippen LogP contribution in [0.25, 0.3) is 0 Å². The molecular weight excluding hydrogens is 214 g/mol. The molecule has 1 rings (SSSR count). The molecule has 0 aliphatic carbocycles. The van der Waals surface area contributed by atoms with Crippen LogP contribution in [0.3, 0.4) is 0 Å². The quantitative estimate of drug-likeness (QED) is 0.574. The predicted molar refractivity (Wildman–Crippen MR) is 59.3 cm³/mol. The van der Waals surface area contributed by atoms with Crippen LogP contribution in [0.5, 0.6) is 0 Å². The molecule has 0 heterocycles. The highest BCUT2D eigenvalue weighted by Gasteiger charge is 2.21. The van der Waals surface area contributed by atoms with Crippen LogP contribution in [0.4, 0.5) is 0 Å². The third kappa shape index (κ3) is 3.90. The van der Waals surface area contributed by atoms with Crippen molar-refractivity contribution in [1.29, 1.82) is 0 Å². The van der Waals surface area contributed by atoms with E-state index in [4.69, 9.17) is 16.6 Å². The van der Waals surface area contributed by atoms with Crippen molar-refractivity contribution in [2.75, 3.05) is 0 Å². The molecule has 0 fully saturated rings. The number of nitrogens with zero attached hydrogens (tertiary/aromatic N) is 1. The second kappa shape index (κ2) is 4.64. The number of halogens is 1. The summed E-state index contributed by atoms with van der Waals surface area (Å²) in [5.41, 5.74) is 0.00313. The van der Waals surface area contributed by atoms with E-state index in [-0.39, 0.29) is 5.91 Å². The van der Waals surface area contributed by atoms with Crippen molar-refractivity contribution in [2.45, 2.75) is 26.4 Å². The third-order valence-electron chi connectivity index (χ3n) is 1.53. The summed E-state index contributed by atoms with van der Waals surface area (Å²) in [6.45, 7) is 5.46. The van der Waals surface area contributed by atoms with E-state index in [2.05, 4.69) is 0 Å². The van der Waals surface area contributed by atoms with Crippen LogP contribution in [-0.4, -0.2) is 16.1 Å². The molecule has 0 aliphatic rings. The highest BCUT2D eigenvalue weighted by molar-refractivity contribution is 6.23. The van der Waals surface area contributed by atoms with Crippen molar-refractivity contribution in [3.05, 3.63) is 35.9 Å². The van der Waals surface area contributed by atoms with Gasteiger partial charge in [-0.1, -0.05) is 18.2 Å². The van der Waals surface area contributed by atoms with E-state index in [1.54, 1.807) is 24.3 Å². The van der Waals surface area contributed by atoms with Crippen LogP contribution in [-0.2, 0) is 4.84 Å². The van der Waals surface area contributed by atoms with Crippen molar-refractivity contribution in [3.8, 4) is 0 Å². The Morgan fingerprint density at radius 2 is 1.80 bits per heavy atom. The van der Waals surface area contributed by atoms with E-state index in [1.165, 1.54) is 0 Å². The lowest BCUT2D eigenvalue weighted by atomic mass is 10.2. The zero-order valence-electron chi connectivity index (χ0n) is 9.03. The highest BCUT2D eigenvalue weighted by atomic mass is 35.5. The monoisotopic (exact) mass is 227 g/mol. The molecule has 0 saturated carbocycles. The summed E-state index contributed by atoms with van der Waals surface area (Å²) in [4.78, 5) is 16.9. The van der Waals surface area contributed by atoms with Crippen LogP contribution in [0.1, 0.15) is 31.1 Å². The van der Waals surface area contributed by atoms with Crippen LogP contribution in [0.2, 0.25) is 0 Å². The van der Waals surface area contributed by atoms with E-state index in [0.29, 0.717) is 5.56 Å². The van der Waals surface area contributed by atoms with Crippen LogP contribution in [0.15, 0.2) is 30.3 Å². The minimum atomic E-state index is -0.494. The van der Waals surface area contributed by atoms with Crippen LogP contribution >= 0.6 is 11.8 Å². The van der Waals surface area contributed by atoms with Gasteiger partial charge in [-0.05, 0) is 32.9 Å². The average molecular weight is 228 g/mol. The SMILES string of the molecule is CC(C)(C)ON(Cl)C(=O)c1ccccc1. The van der Waals surface area contributed by atoms with Gasteiger partial charge in [0.25, 0.3) is 5.91 Å². The number of hydrogen-bond acceptors (Lipinski definition) is 2. The van der Waals surface area contributed by atoms with Gasteiger partial charge in [0.2, 0.25) is 0 Å². The Morgan fingerprint density at radius 3 is 2.27 bits per heavy atom. The Balaban J connectivity index is 2.70. The number of benzene rings is 1. The molecule has 0 saturated heterocycles. The normalized spacial score (nSPS) is 11.2. The lowest BCUT2D eigenvalue weighted by molar-refractivity contribution is -0.143.